The first-order chi connectivity index (χ1) is 16.7. The van der Waals surface area contributed by atoms with Crippen LogP contribution in [0.4, 0.5) is 4.79 Å². The predicted molar refractivity (Wildman–Crippen MR) is 124 cm³/mol. The molecule has 1 amide bonds. The minimum absolute atomic E-state index is 0.0523. The summed E-state index contributed by atoms with van der Waals surface area (Å²) in [5.74, 6) is -2.12. The summed E-state index contributed by atoms with van der Waals surface area (Å²) in [6, 6.07) is 16.0. The lowest BCUT2D eigenvalue weighted by Crippen LogP contribution is -2.45. The summed E-state index contributed by atoms with van der Waals surface area (Å²) in [6.07, 6.45) is 0.166. The third kappa shape index (κ3) is 6.76. The summed E-state index contributed by atoms with van der Waals surface area (Å²) in [5, 5.41) is 21.7. The zero-order chi connectivity index (χ0) is 25.4. The smallest absolute Gasteiger partial charge is 0.408 e. The highest BCUT2D eigenvalue weighted by atomic mass is 16.5. The molecule has 0 spiro atoms. The molecule has 0 aliphatic heterocycles. The van der Waals surface area contributed by atoms with Crippen LogP contribution in [-0.2, 0) is 16.9 Å². The first-order valence-electron chi connectivity index (χ1n) is 10.8. The lowest BCUT2D eigenvalue weighted by Gasteiger charge is -2.28. The van der Waals surface area contributed by atoms with E-state index in [9.17, 15) is 24.6 Å². The van der Waals surface area contributed by atoms with Crippen LogP contribution in [0.25, 0.3) is 0 Å². The molecule has 0 bridgehead atoms. The number of carboxylic acids is 1. The molecular formula is C25H25N3O7. The van der Waals surface area contributed by atoms with Crippen LogP contribution in [0.3, 0.4) is 0 Å². The van der Waals surface area contributed by atoms with E-state index >= 15 is 0 Å². The van der Waals surface area contributed by atoms with E-state index in [1.165, 1.54) is 0 Å². The van der Waals surface area contributed by atoms with E-state index < -0.39 is 35.1 Å². The third-order valence-electron chi connectivity index (χ3n) is 5.04. The molecule has 182 valence electrons. The zero-order valence-electron chi connectivity index (χ0n) is 19.2. The van der Waals surface area contributed by atoms with Gasteiger partial charge in [-0.25, -0.2) is 19.4 Å². The summed E-state index contributed by atoms with van der Waals surface area (Å²) in [6.45, 7) is 3.36. The quantitative estimate of drug-likeness (QED) is 0.305. The maximum Gasteiger partial charge on any atom is 0.408 e. The molecule has 0 aliphatic rings. The number of nitrogens with zero attached hydrogens (tertiary/aromatic N) is 2. The molecule has 0 radical (unpaired) electrons. The number of carboxylic acid groups (broad SMARTS) is 1. The molecule has 1 aromatic heterocycles. The van der Waals surface area contributed by atoms with Gasteiger partial charge in [-0.05, 0) is 43.2 Å². The topological polar surface area (TPSA) is 148 Å². The highest BCUT2D eigenvalue weighted by Crippen LogP contribution is 2.25. The monoisotopic (exact) mass is 479 g/mol. The summed E-state index contributed by atoms with van der Waals surface area (Å²) in [4.78, 5) is 44.0. The molecule has 0 fully saturated rings. The molecule has 3 aromatic rings. The fraction of sp³-hybridized carbons (Fsp3) is 0.240. The van der Waals surface area contributed by atoms with Crippen molar-refractivity contribution in [3.05, 3.63) is 83.3 Å². The van der Waals surface area contributed by atoms with Gasteiger partial charge in [0.2, 0.25) is 5.88 Å². The molecule has 0 saturated heterocycles. The summed E-state index contributed by atoms with van der Waals surface area (Å²) in [7, 11) is 0. The molecule has 3 N–H and O–H groups in total. The molecule has 1 atom stereocenters. The van der Waals surface area contributed by atoms with E-state index in [2.05, 4.69) is 15.3 Å². The Kier molecular flexibility index (Phi) is 7.98. The fourth-order valence-electron chi connectivity index (χ4n) is 3.37. The van der Waals surface area contributed by atoms with Crippen LogP contribution in [0.5, 0.6) is 11.6 Å². The Bertz CT molecular complexity index is 1220. The Hall–Kier alpha value is -4.47. The highest BCUT2D eigenvalue weighted by molar-refractivity contribution is 5.91. The number of aromatic hydroxyl groups is 1. The number of esters is 1. The highest BCUT2D eigenvalue weighted by Gasteiger charge is 2.33. The van der Waals surface area contributed by atoms with Crippen LogP contribution in [0.2, 0.25) is 0 Å². The van der Waals surface area contributed by atoms with Crippen molar-refractivity contribution < 1.29 is 34.1 Å². The molecule has 0 saturated carbocycles. The van der Waals surface area contributed by atoms with Gasteiger partial charge in [0.05, 0.1) is 5.56 Å². The standard InChI is InChI=1S/C25H25N3O7/c1-3-12-25(2,23-26-19(21(30)31)14-20(29)27-23)28-24(33)34-15-16-8-7-11-18(13-16)35-22(32)17-9-5-4-6-10-17/h4-11,13-14H,3,12,15H2,1-2H3,(H,28,33)(H,30,31)(H,26,27,29). The Morgan fingerprint density at radius 1 is 1.03 bits per heavy atom. The Labute approximate surface area is 201 Å². The van der Waals surface area contributed by atoms with Crippen molar-refractivity contribution in [1.82, 2.24) is 15.3 Å². The second-order valence-corrected chi connectivity index (χ2v) is 7.93. The van der Waals surface area contributed by atoms with E-state index in [-0.39, 0.29) is 12.4 Å². The minimum Gasteiger partial charge on any atom is -0.493 e. The van der Waals surface area contributed by atoms with Gasteiger partial charge in [0.1, 0.15) is 17.9 Å². The van der Waals surface area contributed by atoms with Gasteiger partial charge in [-0.3, -0.25) is 0 Å². The minimum atomic E-state index is -1.33. The SMILES string of the molecule is CCCC(C)(NC(=O)OCc1cccc(OC(=O)c2ccccc2)c1)c1nc(O)cc(C(=O)O)n1. The molecule has 1 unspecified atom stereocenters. The zero-order valence-corrected chi connectivity index (χ0v) is 19.2. The molecule has 2 aromatic carbocycles. The number of amides is 1. The van der Waals surface area contributed by atoms with Crippen LogP contribution in [-0.4, -0.2) is 38.2 Å². The van der Waals surface area contributed by atoms with E-state index in [0.29, 0.717) is 29.7 Å². The predicted octanol–water partition coefficient (Wildman–Crippen LogP) is 4.04. The number of hydrogen-bond acceptors (Lipinski definition) is 8. The van der Waals surface area contributed by atoms with Gasteiger partial charge in [-0.15, -0.1) is 0 Å². The molecule has 35 heavy (non-hydrogen) atoms. The number of alkyl carbamates (subject to hydrolysis) is 1. The van der Waals surface area contributed by atoms with Gasteiger partial charge in [-0.2, -0.15) is 4.98 Å². The van der Waals surface area contributed by atoms with Gasteiger partial charge in [0, 0.05) is 6.07 Å². The number of carbonyl (C=O) groups is 3. The largest absolute Gasteiger partial charge is 0.493 e. The van der Waals surface area contributed by atoms with Gasteiger partial charge >= 0.3 is 18.0 Å². The lowest BCUT2D eigenvalue weighted by atomic mass is 9.95. The number of aromatic nitrogens is 2. The Morgan fingerprint density at radius 2 is 1.77 bits per heavy atom. The second kappa shape index (κ2) is 11.1. The molecular weight excluding hydrogens is 454 g/mol. The van der Waals surface area contributed by atoms with E-state index in [4.69, 9.17) is 9.47 Å². The van der Waals surface area contributed by atoms with E-state index in [1.54, 1.807) is 61.5 Å². The van der Waals surface area contributed by atoms with Crippen LogP contribution < -0.4 is 10.1 Å². The van der Waals surface area contributed by atoms with E-state index in [1.807, 2.05) is 6.92 Å². The summed E-state index contributed by atoms with van der Waals surface area (Å²) >= 11 is 0. The number of nitrogens with one attached hydrogen (secondary N) is 1. The maximum absolute atomic E-state index is 12.6. The average molecular weight is 479 g/mol. The molecule has 0 aliphatic carbocycles. The maximum atomic E-state index is 12.6. The number of hydrogen-bond donors (Lipinski definition) is 3. The molecule has 3 rings (SSSR count). The van der Waals surface area contributed by atoms with Crippen molar-refractivity contribution >= 4 is 18.0 Å². The first-order valence-corrected chi connectivity index (χ1v) is 10.8. The van der Waals surface area contributed by atoms with Crippen LogP contribution in [0.15, 0.2) is 60.7 Å². The Morgan fingerprint density at radius 3 is 2.46 bits per heavy atom. The summed E-state index contributed by atoms with van der Waals surface area (Å²) < 4.78 is 10.7. The van der Waals surface area contributed by atoms with Gasteiger partial charge in [0.15, 0.2) is 11.5 Å². The van der Waals surface area contributed by atoms with Gasteiger partial charge in [0.25, 0.3) is 0 Å². The van der Waals surface area contributed by atoms with Crippen molar-refractivity contribution in [2.24, 2.45) is 0 Å². The molecule has 10 nitrogen and oxygen atoms in total. The van der Waals surface area contributed by atoms with Crippen LogP contribution >= 0.6 is 0 Å². The third-order valence-corrected chi connectivity index (χ3v) is 5.04. The number of benzene rings is 2. The first kappa shape index (κ1) is 25.2. The second-order valence-electron chi connectivity index (χ2n) is 7.93. The summed E-state index contributed by atoms with van der Waals surface area (Å²) in [5.41, 5.74) is -0.602. The van der Waals surface area contributed by atoms with Crippen LogP contribution in [0, 0.1) is 0 Å². The van der Waals surface area contributed by atoms with Crippen molar-refractivity contribution in [3.8, 4) is 11.6 Å². The average Bonchev–Trinajstić information content (AvgIpc) is 2.83. The van der Waals surface area contributed by atoms with Gasteiger partial charge in [-0.1, -0.05) is 43.7 Å². The number of ether oxygens (including phenoxy) is 2. The number of carbonyl (C=O) groups excluding carboxylic acids is 2. The normalized spacial score (nSPS) is 12.3. The van der Waals surface area contributed by atoms with Crippen molar-refractivity contribution in [1.29, 1.82) is 0 Å². The molecule has 1 heterocycles. The fourth-order valence-corrected chi connectivity index (χ4v) is 3.37. The lowest BCUT2D eigenvalue weighted by molar-refractivity contribution is 0.0686. The van der Waals surface area contributed by atoms with Crippen molar-refractivity contribution in [2.45, 2.75) is 38.8 Å². The van der Waals surface area contributed by atoms with Crippen LogP contribution in [0.1, 0.15) is 58.9 Å². The van der Waals surface area contributed by atoms with Crippen molar-refractivity contribution in [2.75, 3.05) is 0 Å². The van der Waals surface area contributed by atoms with E-state index in [0.717, 1.165) is 6.07 Å². The number of aromatic carboxylic acids is 1. The van der Waals surface area contributed by atoms with Crippen molar-refractivity contribution in [3.63, 3.8) is 0 Å². The molecule has 10 heteroatoms. The Balaban J connectivity index is 1.67. The number of rotatable bonds is 9. The van der Waals surface area contributed by atoms with Gasteiger partial charge < -0.3 is 25.0 Å².